The van der Waals surface area contributed by atoms with Gasteiger partial charge in [-0.1, -0.05) is 24.3 Å². The number of hydrogen-bond acceptors (Lipinski definition) is 3. The monoisotopic (exact) mass is 433 g/mol. The number of carbonyl (C=O) groups excluding carboxylic acids is 1. The molecular weight excluding hydrogens is 406 g/mol. The maximum atomic E-state index is 12.6. The summed E-state index contributed by atoms with van der Waals surface area (Å²) in [5, 5.41) is 7.06. The predicted molar refractivity (Wildman–Crippen MR) is 127 cm³/mol. The van der Waals surface area contributed by atoms with Crippen LogP contribution in [-0.2, 0) is 11.8 Å². The number of nitrogens with one attached hydrogen (secondary N) is 2. The van der Waals surface area contributed by atoms with Crippen LogP contribution < -0.4 is 10.6 Å². The van der Waals surface area contributed by atoms with Crippen LogP contribution in [0, 0.1) is 13.8 Å². The van der Waals surface area contributed by atoms with Gasteiger partial charge in [0.2, 0.25) is 5.91 Å². The van der Waals surface area contributed by atoms with Crippen LogP contribution >= 0.6 is 12.2 Å². The van der Waals surface area contributed by atoms with Gasteiger partial charge in [0.05, 0.1) is 17.8 Å². The van der Waals surface area contributed by atoms with Crippen LogP contribution in [0.1, 0.15) is 41.1 Å². The van der Waals surface area contributed by atoms with Crippen molar-refractivity contribution in [1.29, 1.82) is 0 Å². The van der Waals surface area contributed by atoms with E-state index in [-0.39, 0.29) is 18.0 Å². The lowest BCUT2D eigenvalue weighted by Gasteiger charge is -2.28. The molecule has 0 radical (unpaired) electrons. The first-order chi connectivity index (χ1) is 15.0. The molecule has 1 saturated heterocycles. The Hall–Kier alpha value is -3.19. The third-order valence-corrected chi connectivity index (χ3v) is 6.32. The molecular formula is C24H27N5OS. The zero-order valence-electron chi connectivity index (χ0n) is 18.0. The second-order valence-corrected chi connectivity index (χ2v) is 8.26. The van der Waals surface area contributed by atoms with Crippen LogP contribution in [0.15, 0.2) is 60.8 Å². The molecule has 7 heteroatoms. The fourth-order valence-electron chi connectivity index (χ4n) is 4.14. The lowest BCUT2D eigenvalue weighted by atomic mass is 9.96. The maximum Gasteiger partial charge on any atom is 0.226 e. The van der Waals surface area contributed by atoms with Crippen LogP contribution in [0.5, 0.6) is 0 Å². The van der Waals surface area contributed by atoms with Gasteiger partial charge in [-0.3, -0.25) is 9.78 Å². The highest BCUT2D eigenvalue weighted by molar-refractivity contribution is 7.80. The van der Waals surface area contributed by atoms with Crippen molar-refractivity contribution < 1.29 is 4.79 Å². The number of pyridine rings is 1. The van der Waals surface area contributed by atoms with Gasteiger partial charge in [0, 0.05) is 43.3 Å². The highest BCUT2D eigenvalue weighted by Crippen LogP contribution is 2.40. The summed E-state index contributed by atoms with van der Waals surface area (Å²) in [4.78, 5) is 19.3. The number of carbonyl (C=O) groups is 1. The molecule has 0 saturated carbocycles. The normalized spacial score (nSPS) is 18.2. The molecule has 0 aliphatic carbocycles. The lowest BCUT2D eigenvalue weighted by Crippen LogP contribution is -2.32. The SMILES string of the molecule is Cc1cc(C2C(c3ccccn3)NC(=S)N2CCC(=O)Nc2ccccc2)c(C)n1C. The average Bonchev–Trinajstić information content (AvgIpc) is 3.24. The summed E-state index contributed by atoms with van der Waals surface area (Å²) in [5.74, 6) is -0.0324. The molecule has 1 aliphatic heterocycles. The number of thiocarbonyl (C=S) groups is 1. The number of aromatic nitrogens is 2. The number of nitrogens with zero attached hydrogens (tertiary/aromatic N) is 3. The second-order valence-electron chi connectivity index (χ2n) is 7.87. The molecule has 2 aromatic heterocycles. The van der Waals surface area contributed by atoms with Gasteiger partial charge in [-0.2, -0.15) is 0 Å². The summed E-state index contributed by atoms with van der Waals surface area (Å²) in [7, 11) is 2.07. The van der Waals surface area contributed by atoms with E-state index in [1.807, 2.05) is 48.5 Å². The summed E-state index contributed by atoms with van der Waals surface area (Å²) >= 11 is 5.71. The van der Waals surface area contributed by atoms with Crippen molar-refractivity contribution in [2.75, 3.05) is 11.9 Å². The minimum absolute atomic E-state index is 0.0324. The Morgan fingerprint density at radius 1 is 1.16 bits per heavy atom. The first-order valence-electron chi connectivity index (χ1n) is 10.4. The molecule has 1 amide bonds. The van der Waals surface area contributed by atoms with Crippen LogP contribution in [-0.4, -0.2) is 32.0 Å². The van der Waals surface area contributed by atoms with Gasteiger partial charge in [0.1, 0.15) is 0 Å². The van der Waals surface area contributed by atoms with Crippen LogP contribution in [0.4, 0.5) is 5.69 Å². The van der Waals surface area contributed by atoms with Crippen molar-refractivity contribution in [3.05, 3.63) is 83.4 Å². The van der Waals surface area contributed by atoms with Crippen molar-refractivity contribution in [2.45, 2.75) is 32.4 Å². The molecule has 2 N–H and O–H groups in total. The van der Waals surface area contributed by atoms with E-state index in [2.05, 4.69) is 52.0 Å². The summed E-state index contributed by atoms with van der Waals surface area (Å²) in [6.07, 6.45) is 2.14. The van der Waals surface area contributed by atoms with Crippen LogP contribution in [0.25, 0.3) is 0 Å². The zero-order chi connectivity index (χ0) is 22.0. The van der Waals surface area contributed by atoms with Gasteiger partial charge in [0.25, 0.3) is 0 Å². The van der Waals surface area contributed by atoms with Gasteiger partial charge in [-0.05, 0) is 62.0 Å². The summed E-state index contributed by atoms with van der Waals surface area (Å²) in [5.41, 5.74) is 5.31. The topological polar surface area (TPSA) is 62.2 Å². The van der Waals surface area contributed by atoms with E-state index in [1.165, 1.54) is 17.0 Å². The van der Waals surface area contributed by atoms with E-state index >= 15 is 0 Å². The van der Waals surface area contributed by atoms with Crippen molar-refractivity contribution in [1.82, 2.24) is 19.8 Å². The average molecular weight is 434 g/mol. The molecule has 0 spiro atoms. The van der Waals surface area contributed by atoms with E-state index in [1.54, 1.807) is 6.20 Å². The molecule has 3 heterocycles. The Kier molecular flexibility index (Phi) is 6.04. The molecule has 160 valence electrons. The summed E-state index contributed by atoms with van der Waals surface area (Å²) < 4.78 is 2.19. The second kappa shape index (κ2) is 8.89. The largest absolute Gasteiger partial charge is 0.352 e. The molecule has 1 aromatic carbocycles. The lowest BCUT2D eigenvalue weighted by molar-refractivity contribution is -0.116. The molecule has 1 fully saturated rings. The molecule has 6 nitrogen and oxygen atoms in total. The van der Waals surface area contributed by atoms with E-state index in [0.29, 0.717) is 18.1 Å². The first kappa shape index (κ1) is 21.1. The van der Waals surface area contributed by atoms with Crippen molar-refractivity contribution in [3.63, 3.8) is 0 Å². The number of hydrogen-bond donors (Lipinski definition) is 2. The highest BCUT2D eigenvalue weighted by atomic mass is 32.1. The molecule has 31 heavy (non-hydrogen) atoms. The third kappa shape index (κ3) is 4.32. The van der Waals surface area contributed by atoms with Crippen LogP contribution in [0.3, 0.4) is 0 Å². The van der Waals surface area contributed by atoms with Gasteiger partial charge in [0.15, 0.2) is 5.11 Å². The Bertz CT molecular complexity index is 1080. The Morgan fingerprint density at radius 3 is 2.55 bits per heavy atom. The fraction of sp³-hybridized carbons (Fsp3) is 0.292. The summed E-state index contributed by atoms with van der Waals surface area (Å²) in [6.45, 7) is 4.75. The zero-order valence-corrected chi connectivity index (χ0v) is 18.8. The Morgan fingerprint density at radius 2 is 1.90 bits per heavy atom. The van der Waals surface area contributed by atoms with Crippen molar-refractivity contribution in [2.24, 2.45) is 7.05 Å². The van der Waals surface area contributed by atoms with E-state index in [4.69, 9.17) is 12.2 Å². The van der Waals surface area contributed by atoms with Gasteiger partial charge in [-0.15, -0.1) is 0 Å². The maximum absolute atomic E-state index is 12.6. The van der Waals surface area contributed by atoms with E-state index in [0.717, 1.165) is 11.4 Å². The number of aryl methyl sites for hydroxylation is 1. The molecule has 2 unspecified atom stereocenters. The Labute approximate surface area is 188 Å². The van der Waals surface area contributed by atoms with Gasteiger partial charge >= 0.3 is 0 Å². The van der Waals surface area contributed by atoms with Gasteiger partial charge in [-0.25, -0.2) is 0 Å². The molecule has 2 atom stereocenters. The smallest absolute Gasteiger partial charge is 0.226 e. The molecule has 4 rings (SSSR count). The van der Waals surface area contributed by atoms with Crippen LogP contribution in [0.2, 0.25) is 0 Å². The Balaban J connectivity index is 1.59. The number of amides is 1. The predicted octanol–water partition coefficient (Wildman–Crippen LogP) is 4.04. The highest BCUT2D eigenvalue weighted by Gasteiger charge is 2.41. The number of benzene rings is 1. The summed E-state index contributed by atoms with van der Waals surface area (Å²) in [6, 6.07) is 17.5. The number of para-hydroxylation sites is 1. The number of rotatable bonds is 6. The minimum atomic E-state index is -0.0774. The molecule has 0 bridgehead atoms. The fourth-order valence-corrected chi connectivity index (χ4v) is 4.47. The third-order valence-electron chi connectivity index (χ3n) is 5.97. The first-order valence-corrected chi connectivity index (χ1v) is 10.8. The van der Waals surface area contributed by atoms with Gasteiger partial charge < -0.3 is 20.1 Å². The standard InChI is InChI=1S/C24H27N5OS/c1-16-15-19(17(2)28(16)3)23-22(20-11-7-8-13-25-20)27-24(31)29(23)14-12-21(30)26-18-9-5-4-6-10-18/h4-11,13,15,22-23H,12,14H2,1-3H3,(H,26,30)(H,27,31). The van der Waals surface area contributed by atoms with E-state index < -0.39 is 0 Å². The number of anilines is 1. The van der Waals surface area contributed by atoms with Crippen molar-refractivity contribution >= 4 is 28.9 Å². The molecule has 1 aliphatic rings. The quantitative estimate of drug-likeness (QED) is 0.575. The minimum Gasteiger partial charge on any atom is -0.352 e. The van der Waals surface area contributed by atoms with Crippen molar-refractivity contribution in [3.8, 4) is 0 Å². The van der Waals surface area contributed by atoms with E-state index in [9.17, 15) is 4.79 Å². The molecule has 3 aromatic rings.